The molecule has 1 amide bonds. The van der Waals surface area contributed by atoms with Gasteiger partial charge in [-0.25, -0.2) is 10.8 Å². The SMILES string of the molecule is CN(C)C(C)(C)CNC(=O)c1cccnc1NN. The third kappa shape index (κ3) is 3.41. The van der Waals surface area contributed by atoms with Crippen molar-refractivity contribution in [2.24, 2.45) is 5.84 Å². The molecule has 6 heteroatoms. The van der Waals surface area contributed by atoms with Gasteiger partial charge in [-0.1, -0.05) is 0 Å². The summed E-state index contributed by atoms with van der Waals surface area (Å²) in [6, 6.07) is 3.38. The lowest BCUT2D eigenvalue weighted by Gasteiger charge is -2.32. The quantitative estimate of drug-likeness (QED) is 0.522. The maximum atomic E-state index is 12.0. The van der Waals surface area contributed by atoms with Crippen molar-refractivity contribution in [1.82, 2.24) is 15.2 Å². The first kappa shape index (κ1) is 14.4. The second-order valence-electron chi connectivity index (χ2n) is 4.93. The van der Waals surface area contributed by atoms with Crippen LogP contribution < -0.4 is 16.6 Å². The predicted octanol–water partition coefficient (Wildman–Crippen LogP) is 0.437. The highest BCUT2D eigenvalue weighted by Gasteiger charge is 2.22. The van der Waals surface area contributed by atoms with E-state index in [0.717, 1.165) is 0 Å². The number of hydrogen-bond acceptors (Lipinski definition) is 5. The largest absolute Gasteiger partial charge is 0.350 e. The van der Waals surface area contributed by atoms with Gasteiger partial charge in [0.1, 0.15) is 0 Å². The molecule has 4 N–H and O–H groups in total. The summed E-state index contributed by atoms with van der Waals surface area (Å²) in [5, 5.41) is 2.88. The Bertz CT molecular complexity index is 417. The van der Waals surface area contributed by atoms with Gasteiger partial charge in [-0.15, -0.1) is 0 Å². The van der Waals surface area contributed by atoms with E-state index in [4.69, 9.17) is 5.84 Å². The smallest absolute Gasteiger partial charge is 0.255 e. The van der Waals surface area contributed by atoms with Gasteiger partial charge in [0.05, 0.1) is 5.56 Å². The number of aromatic nitrogens is 1. The van der Waals surface area contributed by atoms with Gasteiger partial charge in [0.15, 0.2) is 5.82 Å². The average Bonchev–Trinajstić information content (AvgIpc) is 2.35. The molecule has 0 saturated heterocycles. The zero-order valence-corrected chi connectivity index (χ0v) is 11.3. The summed E-state index contributed by atoms with van der Waals surface area (Å²) in [5.41, 5.74) is 2.74. The zero-order chi connectivity index (χ0) is 13.8. The van der Waals surface area contributed by atoms with E-state index in [2.05, 4.69) is 34.5 Å². The number of nitrogens with two attached hydrogens (primary N) is 1. The van der Waals surface area contributed by atoms with Crippen LogP contribution in [0.3, 0.4) is 0 Å². The van der Waals surface area contributed by atoms with Crippen LogP contribution in [-0.2, 0) is 0 Å². The zero-order valence-electron chi connectivity index (χ0n) is 11.3. The molecule has 0 aliphatic rings. The van der Waals surface area contributed by atoms with Crippen LogP contribution in [0.15, 0.2) is 18.3 Å². The Balaban J connectivity index is 2.72. The topological polar surface area (TPSA) is 83.3 Å². The third-order valence-electron chi connectivity index (χ3n) is 3.08. The van der Waals surface area contributed by atoms with Gasteiger partial charge in [0.2, 0.25) is 0 Å². The normalized spacial score (nSPS) is 11.4. The monoisotopic (exact) mass is 251 g/mol. The summed E-state index contributed by atoms with van der Waals surface area (Å²) in [4.78, 5) is 18.1. The first-order valence-electron chi connectivity index (χ1n) is 5.76. The number of nitrogens with one attached hydrogen (secondary N) is 2. The molecular weight excluding hydrogens is 230 g/mol. The minimum atomic E-state index is -0.189. The highest BCUT2D eigenvalue weighted by molar-refractivity contribution is 5.98. The van der Waals surface area contributed by atoms with Crippen LogP contribution in [0.1, 0.15) is 24.2 Å². The summed E-state index contributed by atoms with van der Waals surface area (Å²) >= 11 is 0. The van der Waals surface area contributed by atoms with Crippen LogP contribution in [0.4, 0.5) is 5.82 Å². The van der Waals surface area contributed by atoms with E-state index >= 15 is 0 Å². The molecule has 1 rings (SSSR count). The molecule has 100 valence electrons. The Morgan fingerprint density at radius 3 is 2.72 bits per heavy atom. The van der Waals surface area contributed by atoms with E-state index in [1.807, 2.05) is 14.1 Å². The summed E-state index contributed by atoms with van der Waals surface area (Å²) in [6.45, 7) is 4.65. The van der Waals surface area contributed by atoms with Crippen molar-refractivity contribution in [3.8, 4) is 0 Å². The van der Waals surface area contributed by atoms with Gasteiger partial charge < -0.3 is 15.6 Å². The van der Waals surface area contributed by atoms with E-state index < -0.39 is 0 Å². The lowest BCUT2D eigenvalue weighted by molar-refractivity contribution is 0.0920. The van der Waals surface area contributed by atoms with Gasteiger partial charge in [-0.2, -0.15) is 0 Å². The standard InChI is InChI=1S/C12H21N5O/c1-12(2,17(3)4)8-15-11(18)9-6-5-7-14-10(9)16-13/h5-7H,8,13H2,1-4H3,(H,14,16)(H,15,18). The number of anilines is 1. The fraction of sp³-hybridized carbons (Fsp3) is 0.500. The van der Waals surface area contributed by atoms with Crippen LogP contribution in [0.5, 0.6) is 0 Å². The van der Waals surface area contributed by atoms with Gasteiger partial charge in [0, 0.05) is 18.3 Å². The number of carbonyl (C=O) groups is 1. The van der Waals surface area contributed by atoms with Gasteiger partial charge in [-0.3, -0.25) is 4.79 Å². The summed E-state index contributed by atoms with van der Waals surface area (Å²) in [5.74, 6) is 5.50. The van der Waals surface area contributed by atoms with E-state index in [1.54, 1.807) is 18.3 Å². The Morgan fingerprint density at radius 2 is 2.17 bits per heavy atom. The van der Waals surface area contributed by atoms with Crippen molar-refractivity contribution in [2.45, 2.75) is 19.4 Å². The van der Waals surface area contributed by atoms with Crippen molar-refractivity contribution in [3.63, 3.8) is 0 Å². The molecule has 0 saturated carbocycles. The van der Waals surface area contributed by atoms with Gasteiger partial charge in [0.25, 0.3) is 5.91 Å². The van der Waals surface area contributed by atoms with E-state index in [0.29, 0.717) is 17.9 Å². The maximum Gasteiger partial charge on any atom is 0.255 e. The molecule has 1 aromatic rings. The number of hydrazine groups is 1. The number of rotatable bonds is 5. The Morgan fingerprint density at radius 1 is 1.50 bits per heavy atom. The molecule has 0 bridgehead atoms. The molecule has 1 heterocycles. The minimum absolute atomic E-state index is 0.117. The number of nitrogens with zero attached hydrogens (tertiary/aromatic N) is 2. The van der Waals surface area contributed by atoms with Crippen molar-refractivity contribution in [2.75, 3.05) is 26.1 Å². The van der Waals surface area contributed by atoms with Gasteiger partial charge >= 0.3 is 0 Å². The van der Waals surface area contributed by atoms with Crippen LogP contribution in [0, 0.1) is 0 Å². The first-order chi connectivity index (χ1) is 8.38. The Hall–Kier alpha value is -1.66. The lowest BCUT2D eigenvalue weighted by Crippen LogP contribution is -2.48. The summed E-state index contributed by atoms with van der Waals surface area (Å²) in [6.07, 6.45) is 1.58. The van der Waals surface area contributed by atoms with Crippen LogP contribution in [-0.4, -0.2) is 42.0 Å². The van der Waals surface area contributed by atoms with E-state index in [1.165, 1.54) is 0 Å². The molecular formula is C12H21N5O. The lowest BCUT2D eigenvalue weighted by atomic mass is 10.0. The number of likely N-dealkylation sites (N-methyl/N-ethyl adjacent to an activating group) is 1. The molecule has 1 aromatic heterocycles. The third-order valence-corrected chi connectivity index (χ3v) is 3.08. The maximum absolute atomic E-state index is 12.0. The predicted molar refractivity (Wildman–Crippen MR) is 72.1 cm³/mol. The Kier molecular flexibility index (Phi) is 4.63. The number of hydrogen-bond donors (Lipinski definition) is 3. The molecule has 0 atom stereocenters. The molecule has 18 heavy (non-hydrogen) atoms. The summed E-state index contributed by atoms with van der Waals surface area (Å²) in [7, 11) is 3.95. The summed E-state index contributed by atoms with van der Waals surface area (Å²) < 4.78 is 0. The fourth-order valence-corrected chi connectivity index (χ4v) is 1.25. The highest BCUT2D eigenvalue weighted by Crippen LogP contribution is 2.11. The molecule has 0 aliphatic carbocycles. The van der Waals surface area contributed by atoms with Crippen molar-refractivity contribution < 1.29 is 4.79 Å². The highest BCUT2D eigenvalue weighted by atomic mass is 16.1. The second-order valence-corrected chi connectivity index (χ2v) is 4.93. The fourth-order valence-electron chi connectivity index (χ4n) is 1.25. The van der Waals surface area contributed by atoms with Gasteiger partial charge in [-0.05, 0) is 40.1 Å². The molecule has 0 aromatic carbocycles. The second kappa shape index (κ2) is 5.79. The molecule has 0 fully saturated rings. The number of amides is 1. The number of nitrogen functional groups attached to an aromatic ring is 1. The molecule has 0 aliphatic heterocycles. The van der Waals surface area contributed by atoms with Crippen LogP contribution in [0.25, 0.3) is 0 Å². The van der Waals surface area contributed by atoms with Crippen molar-refractivity contribution in [1.29, 1.82) is 0 Å². The number of carbonyl (C=O) groups excluding carboxylic acids is 1. The van der Waals surface area contributed by atoms with Crippen molar-refractivity contribution >= 4 is 11.7 Å². The van der Waals surface area contributed by atoms with E-state index in [9.17, 15) is 4.79 Å². The van der Waals surface area contributed by atoms with Crippen molar-refractivity contribution in [3.05, 3.63) is 23.9 Å². The minimum Gasteiger partial charge on any atom is -0.350 e. The first-order valence-corrected chi connectivity index (χ1v) is 5.76. The molecule has 0 spiro atoms. The Labute approximate surface area is 108 Å². The van der Waals surface area contributed by atoms with Crippen LogP contribution >= 0.6 is 0 Å². The van der Waals surface area contributed by atoms with Crippen LogP contribution in [0.2, 0.25) is 0 Å². The number of pyridine rings is 1. The molecule has 6 nitrogen and oxygen atoms in total. The molecule has 0 radical (unpaired) electrons. The van der Waals surface area contributed by atoms with E-state index in [-0.39, 0.29) is 11.4 Å². The average molecular weight is 251 g/mol. The molecule has 0 unspecified atom stereocenters.